The topological polar surface area (TPSA) is 61.7 Å². The van der Waals surface area contributed by atoms with Crippen molar-refractivity contribution in [2.45, 2.75) is 0 Å². The number of hydrogen-bond acceptors (Lipinski definition) is 4. The smallest absolute Gasteiger partial charge is 0.164 e. The predicted molar refractivity (Wildman–Crippen MR) is 232 cm³/mol. The molecule has 12 aromatic rings. The first-order valence-electron chi connectivity index (χ1n) is 19.1. The lowest BCUT2D eigenvalue weighted by molar-refractivity contribution is 0.669. The van der Waals surface area contributed by atoms with Crippen molar-refractivity contribution in [2.24, 2.45) is 0 Å². The molecule has 0 saturated carbocycles. The van der Waals surface area contributed by atoms with Crippen molar-refractivity contribution >= 4 is 65.6 Å². The van der Waals surface area contributed by atoms with E-state index in [0.29, 0.717) is 17.5 Å². The molecule has 0 aliphatic heterocycles. The fourth-order valence-electron chi connectivity index (χ4n) is 8.55. The van der Waals surface area contributed by atoms with Crippen LogP contribution in [0.2, 0.25) is 0 Å². The monoisotopic (exact) mass is 729 g/mol. The summed E-state index contributed by atoms with van der Waals surface area (Å²) in [7, 11) is 0. The zero-order chi connectivity index (χ0) is 37.5. The van der Waals surface area contributed by atoms with Crippen LogP contribution in [0.4, 0.5) is 0 Å². The summed E-state index contributed by atoms with van der Waals surface area (Å²) in [6.07, 6.45) is 0. The van der Waals surface area contributed by atoms with Crippen LogP contribution >= 0.6 is 0 Å². The van der Waals surface area contributed by atoms with E-state index in [1.54, 1.807) is 0 Å². The quantitative estimate of drug-likeness (QED) is 0.177. The molecule has 0 radical (unpaired) electrons. The second-order valence-corrected chi connectivity index (χ2v) is 14.5. The minimum Gasteiger partial charge on any atom is -0.456 e. The maximum absolute atomic E-state index is 6.65. The molecule has 266 valence electrons. The predicted octanol–water partition coefficient (Wildman–Crippen LogP) is 13.0. The Morgan fingerprint density at radius 1 is 0.298 bits per heavy atom. The van der Waals surface area contributed by atoms with E-state index < -0.39 is 0 Å². The molecule has 8 aromatic carbocycles. The van der Waals surface area contributed by atoms with E-state index in [1.165, 1.54) is 21.8 Å². The Morgan fingerprint density at radius 2 is 0.807 bits per heavy atom. The molecule has 4 heterocycles. The maximum Gasteiger partial charge on any atom is 0.164 e. The summed E-state index contributed by atoms with van der Waals surface area (Å²) in [5, 5.41) is 6.83. The van der Waals surface area contributed by atoms with E-state index in [9.17, 15) is 0 Å². The Morgan fingerprint density at radius 3 is 1.46 bits per heavy atom. The minimum atomic E-state index is 0.621. The lowest BCUT2D eigenvalue weighted by Gasteiger charge is -2.09. The van der Waals surface area contributed by atoms with Gasteiger partial charge in [0.05, 0.1) is 22.1 Å². The molecular weight excluding hydrogens is 699 g/mol. The highest BCUT2D eigenvalue weighted by Crippen LogP contribution is 2.41. The third-order valence-electron chi connectivity index (χ3n) is 11.1. The summed E-state index contributed by atoms with van der Waals surface area (Å²) in [5.41, 5.74) is 11.2. The van der Waals surface area contributed by atoms with Crippen molar-refractivity contribution in [1.29, 1.82) is 0 Å². The van der Waals surface area contributed by atoms with Crippen molar-refractivity contribution < 1.29 is 4.42 Å². The van der Waals surface area contributed by atoms with Crippen LogP contribution in [0.3, 0.4) is 0 Å². The van der Waals surface area contributed by atoms with Gasteiger partial charge in [-0.3, -0.25) is 0 Å². The first-order chi connectivity index (χ1) is 28.2. The fourth-order valence-corrected chi connectivity index (χ4v) is 8.55. The van der Waals surface area contributed by atoms with Crippen LogP contribution in [0.15, 0.2) is 192 Å². The molecule has 0 aliphatic rings. The van der Waals surface area contributed by atoms with E-state index in [0.717, 1.165) is 71.8 Å². The highest BCUT2D eigenvalue weighted by atomic mass is 16.3. The van der Waals surface area contributed by atoms with Gasteiger partial charge in [-0.15, -0.1) is 0 Å². The summed E-state index contributed by atoms with van der Waals surface area (Å²) in [6.45, 7) is 0. The summed E-state index contributed by atoms with van der Waals surface area (Å²) in [4.78, 5) is 15.1. The van der Waals surface area contributed by atoms with Gasteiger partial charge in [-0.05, 0) is 66.7 Å². The molecule has 4 aromatic heterocycles. The molecule has 6 heteroatoms. The molecule has 0 aliphatic carbocycles. The van der Waals surface area contributed by atoms with E-state index in [2.05, 4.69) is 137 Å². The number of para-hydroxylation sites is 3. The van der Waals surface area contributed by atoms with E-state index in [-0.39, 0.29) is 0 Å². The van der Waals surface area contributed by atoms with Gasteiger partial charge < -0.3 is 13.6 Å². The van der Waals surface area contributed by atoms with Gasteiger partial charge in [0.2, 0.25) is 0 Å². The second kappa shape index (κ2) is 12.3. The van der Waals surface area contributed by atoms with Gasteiger partial charge in [0, 0.05) is 66.4 Å². The third kappa shape index (κ3) is 4.94. The van der Waals surface area contributed by atoms with Crippen molar-refractivity contribution in [3.05, 3.63) is 188 Å². The van der Waals surface area contributed by atoms with Crippen molar-refractivity contribution in [3.63, 3.8) is 0 Å². The molecule has 12 rings (SSSR count). The van der Waals surface area contributed by atoms with Gasteiger partial charge in [-0.1, -0.05) is 115 Å². The van der Waals surface area contributed by atoms with Gasteiger partial charge in [-0.25, -0.2) is 15.0 Å². The fraction of sp³-hybridized carbons (Fsp3) is 0. The number of fused-ring (bicyclic) bond motifs is 9. The summed E-state index contributed by atoms with van der Waals surface area (Å²) in [6, 6.07) is 65.6. The van der Waals surface area contributed by atoms with Crippen LogP contribution in [-0.2, 0) is 0 Å². The number of furan rings is 1. The average Bonchev–Trinajstić information content (AvgIpc) is 3.93. The van der Waals surface area contributed by atoms with Gasteiger partial charge in [0.1, 0.15) is 11.2 Å². The Balaban J connectivity index is 1.10. The molecule has 0 N–H and O–H groups in total. The van der Waals surface area contributed by atoms with Crippen LogP contribution in [0.25, 0.3) is 111 Å². The first-order valence-corrected chi connectivity index (χ1v) is 19.1. The second-order valence-electron chi connectivity index (χ2n) is 14.5. The van der Waals surface area contributed by atoms with Gasteiger partial charge in [0.25, 0.3) is 0 Å². The lowest BCUT2D eigenvalue weighted by atomic mass is 10.1. The molecule has 0 spiro atoms. The Bertz CT molecular complexity index is 3400. The zero-order valence-corrected chi connectivity index (χ0v) is 30.5. The molecule has 0 amide bonds. The first kappa shape index (κ1) is 31.5. The van der Waals surface area contributed by atoms with Crippen LogP contribution in [0, 0.1) is 0 Å². The standard InChI is InChI=1S/C51H31N5O/c1-4-14-32(15-5-1)49-52-50(33-16-6-2-7-17-33)54-51(53-49)34-24-26-45-39(28-34)40-30-42-41-29-36(56-43-22-12-10-20-37(43)38-21-11-13-23-44(38)56)25-27-47(41)57-48(42)31-46(40)55(45)35-18-8-3-9-19-35/h1-31H. The minimum absolute atomic E-state index is 0.621. The largest absolute Gasteiger partial charge is 0.456 e. The van der Waals surface area contributed by atoms with Crippen LogP contribution < -0.4 is 0 Å². The van der Waals surface area contributed by atoms with Crippen molar-refractivity contribution in [1.82, 2.24) is 24.1 Å². The molecule has 0 atom stereocenters. The molecular formula is C51H31N5O. The van der Waals surface area contributed by atoms with Crippen molar-refractivity contribution in [2.75, 3.05) is 0 Å². The van der Waals surface area contributed by atoms with E-state index in [1.807, 2.05) is 60.7 Å². The molecule has 0 bridgehead atoms. The lowest BCUT2D eigenvalue weighted by Crippen LogP contribution is -2.00. The van der Waals surface area contributed by atoms with Crippen LogP contribution in [0.5, 0.6) is 0 Å². The van der Waals surface area contributed by atoms with E-state index >= 15 is 0 Å². The number of aromatic nitrogens is 5. The number of nitrogens with zero attached hydrogens (tertiary/aromatic N) is 5. The Labute approximate surface area is 326 Å². The third-order valence-corrected chi connectivity index (χ3v) is 11.1. The molecule has 57 heavy (non-hydrogen) atoms. The van der Waals surface area contributed by atoms with Crippen LogP contribution in [0.1, 0.15) is 0 Å². The average molecular weight is 730 g/mol. The number of benzene rings is 8. The van der Waals surface area contributed by atoms with Gasteiger partial charge in [-0.2, -0.15) is 0 Å². The molecule has 0 fully saturated rings. The summed E-state index contributed by atoms with van der Waals surface area (Å²) < 4.78 is 11.3. The highest BCUT2D eigenvalue weighted by molar-refractivity contribution is 6.18. The van der Waals surface area contributed by atoms with Crippen molar-refractivity contribution in [3.8, 4) is 45.5 Å². The van der Waals surface area contributed by atoms with Gasteiger partial charge >= 0.3 is 0 Å². The summed E-state index contributed by atoms with van der Waals surface area (Å²) >= 11 is 0. The Hall–Kier alpha value is -7.83. The van der Waals surface area contributed by atoms with Gasteiger partial charge in [0.15, 0.2) is 17.5 Å². The highest BCUT2D eigenvalue weighted by Gasteiger charge is 2.20. The van der Waals surface area contributed by atoms with Crippen LogP contribution in [-0.4, -0.2) is 24.1 Å². The number of hydrogen-bond donors (Lipinski definition) is 0. The molecule has 0 unspecified atom stereocenters. The number of rotatable bonds is 5. The zero-order valence-electron chi connectivity index (χ0n) is 30.5. The van der Waals surface area contributed by atoms with E-state index in [4.69, 9.17) is 19.4 Å². The molecule has 6 nitrogen and oxygen atoms in total. The Kier molecular flexibility index (Phi) is 6.83. The maximum atomic E-state index is 6.65. The molecule has 0 saturated heterocycles. The summed E-state index contributed by atoms with van der Waals surface area (Å²) in [5.74, 6) is 1.89. The normalized spacial score (nSPS) is 11.9. The SMILES string of the molecule is c1ccc(-c2nc(-c3ccccc3)nc(-c3ccc4c(c3)c3cc5c(cc3n4-c3ccccc3)oc3ccc(-n4c6ccccc6c6ccccc64)cc35)n2)cc1.